The summed E-state index contributed by atoms with van der Waals surface area (Å²) in [4.78, 5) is 35.2. The number of aliphatic hydroxyl groups excluding tert-OH is 6. The fourth-order valence-electron chi connectivity index (χ4n) is 6.24. The molecule has 0 amide bonds. The van der Waals surface area contributed by atoms with Crippen LogP contribution in [0.25, 0.3) is 12.2 Å². The smallest absolute Gasteiger partial charge is 0.330 e. The maximum atomic E-state index is 12.5. The number of phenolic OH excluding ortho intramolecular Hbond substituents is 4. The zero-order chi connectivity index (χ0) is 43.4. The highest BCUT2D eigenvalue weighted by molar-refractivity contribution is 5.90. The van der Waals surface area contributed by atoms with Crippen LogP contribution in [-0.4, -0.2) is 149 Å². The number of rotatable bonds is 13. The van der Waals surface area contributed by atoms with E-state index >= 15 is 0 Å². The molecule has 11 N–H and O–H groups in total. The van der Waals surface area contributed by atoms with Crippen molar-refractivity contribution in [3.05, 3.63) is 83.1 Å². The van der Waals surface area contributed by atoms with E-state index in [0.29, 0.717) is 11.1 Å². The molecule has 21 heteroatoms. The molecule has 0 radical (unpaired) electrons. The van der Waals surface area contributed by atoms with Crippen LogP contribution in [0.4, 0.5) is 0 Å². The number of benzene rings is 3. The van der Waals surface area contributed by atoms with E-state index in [0.717, 1.165) is 12.1 Å². The molecule has 3 aliphatic rings. The summed E-state index contributed by atoms with van der Waals surface area (Å²) in [6, 6.07) is 11.6. The van der Waals surface area contributed by atoms with Gasteiger partial charge in [-0.1, -0.05) is 18.2 Å². The monoisotopic (exact) mass is 844 g/mol. The molecule has 2 fully saturated rings. The average Bonchev–Trinajstić information content (AvgIpc) is 3.20. The van der Waals surface area contributed by atoms with Gasteiger partial charge in [-0.05, 0) is 42.0 Å². The first-order valence-electron chi connectivity index (χ1n) is 18.0. The quantitative estimate of drug-likeness (QED) is 0.0437. The van der Waals surface area contributed by atoms with Crippen molar-refractivity contribution < 1.29 is 104 Å². The Morgan fingerprint density at radius 1 is 0.667 bits per heavy atom. The van der Waals surface area contributed by atoms with Crippen molar-refractivity contribution in [1.29, 1.82) is 0 Å². The summed E-state index contributed by atoms with van der Waals surface area (Å²) in [5.74, 6) is -5.47. The Bertz CT molecular complexity index is 2100. The highest BCUT2D eigenvalue weighted by Crippen LogP contribution is 2.46. The van der Waals surface area contributed by atoms with Crippen LogP contribution in [0, 0.1) is 0 Å². The average molecular weight is 845 g/mol. The van der Waals surface area contributed by atoms with Crippen LogP contribution in [0.1, 0.15) is 29.2 Å². The van der Waals surface area contributed by atoms with Crippen molar-refractivity contribution in [2.75, 3.05) is 13.2 Å². The molecule has 0 saturated carbocycles. The maximum absolute atomic E-state index is 12.5. The number of carboxylic acid groups (broad SMARTS) is 1. The Hall–Kier alpha value is -6.17. The lowest BCUT2D eigenvalue weighted by molar-refractivity contribution is -0.294. The van der Waals surface area contributed by atoms with Gasteiger partial charge >= 0.3 is 17.9 Å². The lowest BCUT2D eigenvalue weighted by Gasteiger charge is -2.41. The predicted molar refractivity (Wildman–Crippen MR) is 196 cm³/mol. The zero-order valence-corrected chi connectivity index (χ0v) is 30.9. The summed E-state index contributed by atoms with van der Waals surface area (Å²) in [5, 5.41) is 113. The van der Waals surface area contributed by atoms with E-state index in [9.17, 15) is 65.4 Å². The number of aromatic hydroxyl groups is 4. The van der Waals surface area contributed by atoms with Crippen LogP contribution >= 0.6 is 0 Å². The SMILES string of the molecule is O=C(O)CC(=O)OCC1OC(Oc2cc(O)cc3c2C=C(OC2OC(COC(=O)C=Cc4ccc(O)c(O)c4)C(O)C(O)C2O)C(c2ccc(O)cc2)O3)C(O)C(O)C1O. The van der Waals surface area contributed by atoms with Crippen molar-refractivity contribution in [1.82, 2.24) is 0 Å². The van der Waals surface area contributed by atoms with E-state index in [4.69, 9.17) is 38.3 Å². The van der Waals surface area contributed by atoms with Gasteiger partial charge in [-0.2, -0.15) is 0 Å². The fourth-order valence-corrected chi connectivity index (χ4v) is 6.24. The third kappa shape index (κ3) is 9.98. The Kier molecular flexibility index (Phi) is 13.3. The fraction of sp³-hybridized carbons (Fsp3) is 0.359. The predicted octanol–water partition coefficient (Wildman–Crippen LogP) is -0.731. The van der Waals surface area contributed by atoms with Crippen molar-refractivity contribution in [2.45, 2.75) is 73.9 Å². The number of hydrogen-bond acceptors (Lipinski definition) is 20. The number of esters is 2. The molecule has 3 aliphatic heterocycles. The minimum atomic E-state index is -1.95. The first kappa shape index (κ1) is 43.4. The van der Waals surface area contributed by atoms with E-state index < -0.39 is 117 Å². The molecule has 3 aromatic rings. The van der Waals surface area contributed by atoms with Gasteiger partial charge in [0.1, 0.15) is 97.2 Å². The van der Waals surface area contributed by atoms with Gasteiger partial charge in [0.2, 0.25) is 12.6 Å². The van der Waals surface area contributed by atoms with Crippen molar-refractivity contribution in [3.8, 4) is 34.5 Å². The molecule has 3 heterocycles. The van der Waals surface area contributed by atoms with Crippen LogP contribution in [0.15, 0.2) is 66.4 Å². The molecule has 322 valence electrons. The summed E-state index contributed by atoms with van der Waals surface area (Å²) in [6.45, 7) is -1.41. The number of ether oxygens (including phenoxy) is 7. The van der Waals surface area contributed by atoms with Crippen molar-refractivity contribution >= 4 is 30.1 Å². The summed E-state index contributed by atoms with van der Waals surface area (Å²) < 4.78 is 39.5. The van der Waals surface area contributed by atoms with Crippen LogP contribution in [0.3, 0.4) is 0 Å². The second kappa shape index (κ2) is 18.4. The van der Waals surface area contributed by atoms with E-state index in [2.05, 4.69) is 0 Å². The number of hydrogen-bond donors (Lipinski definition) is 11. The Labute approximate surface area is 338 Å². The Morgan fingerprint density at radius 3 is 1.90 bits per heavy atom. The third-order valence-corrected chi connectivity index (χ3v) is 9.41. The minimum Gasteiger partial charge on any atom is -0.508 e. The van der Waals surface area contributed by atoms with E-state index in [1.54, 1.807) is 0 Å². The molecule has 60 heavy (non-hydrogen) atoms. The molecule has 11 unspecified atom stereocenters. The van der Waals surface area contributed by atoms with Crippen LogP contribution < -0.4 is 9.47 Å². The Balaban J connectivity index is 1.25. The van der Waals surface area contributed by atoms with Gasteiger partial charge in [-0.15, -0.1) is 0 Å². The molecular weight excluding hydrogens is 804 g/mol. The Morgan fingerprint density at radius 2 is 1.28 bits per heavy atom. The molecule has 0 aromatic heterocycles. The topological polar surface area (TPSA) is 338 Å². The lowest BCUT2D eigenvalue weighted by atomic mass is 9.98. The number of phenols is 4. The molecule has 0 aliphatic carbocycles. The van der Waals surface area contributed by atoms with Crippen molar-refractivity contribution in [3.63, 3.8) is 0 Å². The van der Waals surface area contributed by atoms with E-state index in [1.807, 2.05) is 0 Å². The number of carbonyl (C=O) groups is 3. The molecule has 2 saturated heterocycles. The summed E-state index contributed by atoms with van der Waals surface area (Å²) in [6.07, 6.45) is -16.6. The second-order valence-electron chi connectivity index (χ2n) is 13.7. The number of carbonyl (C=O) groups excluding carboxylic acids is 2. The zero-order valence-electron chi connectivity index (χ0n) is 30.9. The number of fused-ring (bicyclic) bond motifs is 1. The number of aliphatic hydroxyl groups is 6. The summed E-state index contributed by atoms with van der Waals surface area (Å²) in [7, 11) is 0. The molecule has 0 spiro atoms. The highest BCUT2D eigenvalue weighted by atomic mass is 16.7. The molecule has 3 aromatic carbocycles. The van der Waals surface area contributed by atoms with Crippen molar-refractivity contribution in [2.24, 2.45) is 0 Å². The van der Waals surface area contributed by atoms with Crippen LogP contribution in [0.2, 0.25) is 0 Å². The summed E-state index contributed by atoms with van der Waals surface area (Å²) in [5.41, 5.74) is 0.660. The van der Waals surface area contributed by atoms with Gasteiger partial charge in [0.25, 0.3) is 0 Å². The van der Waals surface area contributed by atoms with E-state index in [-0.39, 0.29) is 34.3 Å². The van der Waals surface area contributed by atoms with Gasteiger partial charge < -0.3 is 89.3 Å². The molecular formula is C39H40O21. The van der Waals surface area contributed by atoms with Gasteiger partial charge in [0, 0.05) is 23.8 Å². The molecule has 6 rings (SSSR count). The minimum absolute atomic E-state index is 0.0104. The molecule has 11 atom stereocenters. The van der Waals surface area contributed by atoms with Gasteiger partial charge in [0.05, 0.1) is 5.56 Å². The number of carboxylic acids is 1. The third-order valence-electron chi connectivity index (χ3n) is 9.41. The van der Waals surface area contributed by atoms with Gasteiger partial charge in [-0.25, -0.2) is 4.79 Å². The highest BCUT2D eigenvalue weighted by Gasteiger charge is 2.48. The molecule has 21 nitrogen and oxygen atoms in total. The molecule has 0 bridgehead atoms. The lowest BCUT2D eigenvalue weighted by Crippen LogP contribution is -2.60. The van der Waals surface area contributed by atoms with Crippen LogP contribution in [-0.2, 0) is 38.1 Å². The first-order valence-corrected chi connectivity index (χ1v) is 18.0. The first-order chi connectivity index (χ1) is 28.5. The van der Waals surface area contributed by atoms with Crippen LogP contribution in [0.5, 0.6) is 34.5 Å². The maximum Gasteiger partial charge on any atom is 0.330 e. The van der Waals surface area contributed by atoms with Gasteiger partial charge in [0.15, 0.2) is 17.6 Å². The largest absolute Gasteiger partial charge is 0.508 e. The number of aliphatic carboxylic acids is 1. The van der Waals surface area contributed by atoms with Gasteiger partial charge in [-0.3, -0.25) is 9.59 Å². The van der Waals surface area contributed by atoms with E-state index in [1.165, 1.54) is 60.7 Å². The second-order valence-corrected chi connectivity index (χ2v) is 13.7. The summed E-state index contributed by atoms with van der Waals surface area (Å²) >= 11 is 0. The standard InChI is InChI=1S/C39H40O21/c40-18-5-3-17(4-6-18)37-25(58-39-36(53)34(51)31(48)26(60-39)14-54-29(46)8-2-16-1-7-21(42)22(43)9-16)12-20-23(56-37)10-19(41)11-24(20)57-38-35(52)33(50)32(49)27(59-38)15-55-30(47)13-28(44)45/h1-12,26-27,31-43,48-53H,13-15H2,(H,44,45). The normalized spacial score (nSPS) is 28.8.